The first kappa shape index (κ1) is 26.8. The van der Waals surface area contributed by atoms with Crippen LogP contribution in [0.4, 0.5) is 0 Å². The molecule has 0 aromatic heterocycles. The van der Waals surface area contributed by atoms with Crippen LogP contribution in [0.3, 0.4) is 0 Å². The van der Waals surface area contributed by atoms with Gasteiger partial charge in [-0.05, 0) is 82.6 Å². The number of rotatable bonds is 11. The van der Waals surface area contributed by atoms with Crippen molar-refractivity contribution in [1.82, 2.24) is 5.43 Å². The summed E-state index contributed by atoms with van der Waals surface area (Å²) in [4.78, 5) is 12.3. The maximum absolute atomic E-state index is 12.3. The number of carbonyl (C=O) groups is 1. The molecule has 9 heteroatoms. The molecule has 0 saturated carbocycles. The maximum atomic E-state index is 12.3. The van der Waals surface area contributed by atoms with Crippen molar-refractivity contribution in [2.75, 3.05) is 20.8 Å². The number of benzene rings is 3. The van der Waals surface area contributed by atoms with Crippen molar-refractivity contribution in [2.45, 2.75) is 20.0 Å². The molecule has 7 nitrogen and oxygen atoms in total. The van der Waals surface area contributed by atoms with Crippen LogP contribution in [0, 0.1) is 3.57 Å². The molecule has 0 fully saturated rings. The molecule has 0 spiro atoms. The average molecular weight is 653 g/mol. The van der Waals surface area contributed by atoms with Gasteiger partial charge in [0, 0.05) is 4.47 Å². The fourth-order valence-electron chi connectivity index (χ4n) is 3.20. The Balaban J connectivity index is 1.65. The van der Waals surface area contributed by atoms with Gasteiger partial charge in [-0.3, -0.25) is 4.79 Å². The van der Waals surface area contributed by atoms with Crippen molar-refractivity contribution in [3.63, 3.8) is 0 Å². The number of amides is 1. The number of nitrogens with zero attached hydrogens (tertiary/aromatic N) is 1. The lowest BCUT2D eigenvalue weighted by Crippen LogP contribution is -2.19. The highest BCUT2D eigenvalue weighted by molar-refractivity contribution is 14.1. The van der Waals surface area contributed by atoms with Crippen LogP contribution in [0.15, 0.2) is 64.2 Å². The predicted octanol–water partition coefficient (Wildman–Crippen LogP) is 5.74. The molecule has 0 unspecified atom stereocenters. The Morgan fingerprint density at radius 2 is 1.69 bits per heavy atom. The summed E-state index contributed by atoms with van der Waals surface area (Å²) in [5.74, 6) is 2.22. The number of carbonyl (C=O) groups excluding carboxylic acids is 1. The molecule has 0 aliphatic carbocycles. The second-order valence-corrected chi connectivity index (χ2v) is 9.42. The van der Waals surface area contributed by atoms with Crippen LogP contribution >= 0.6 is 38.5 Å². The Bertz CT molecular complexity index is 1190. The molecule has 0 aliphatic heterocycles. The molecular weight excluding hydrogens is 627 g/mol. The van der Waals surface area contributed by atoms with E-state index in [0.717, 1.165) is 24.7 Å². The summed E-state index contributed by atoms with van der Waals surface area (Å²) in [5.41, 5.74) is 5.18. The molecule has 35 heavy (non-hydrogen) atoms. The van der Waals surface area contributed by atoms with Gasteiger partial charge in [-0.25, -0.2) is 5.43 Å². The van der Waals surface area contributed by atoms with Gasteiger partial charge in [0.2, 0.25) is 5.91 Å². The van der Waals surface area contributed by atoms with Crippen molar-refractivity contribution in [2.24, 2.45) is 5.10 Å². The number of halogens is 2. The molecule has 3 rings (SSSR count). The number of ether oxygens (including phenoxy) is 4. The lowest BCUT2D eigenvalue weighted by Gasteiger charge is -2.15. The molecule has 184 valence electrons. The number of methoxy groups -OCH3 is 2. The largest absolute Gasteiger partial charge is 0.493 e. The minimum atomic E-state index is -0.248. The van der Waals surface area contributed by atoms with Crippen LogP contribution in [0.1, 0.15) is 23.6 Å². The zero-order valence-electron chi connectivity index (χ0n) is 19.6. The summed E-state index contributed by atoms with van der Waals surface area (Å²) in [6, 6.07) is 17.1. The molecule has 0 saturated heterocycles. The van der Waals surface area contributed by atoms with Gasteiger partial charge < -0.3 is 18.9 Å². The van der Waals surface area contributed by atoms with Gasteiger partial charge in [-0.15, -0.1) is 0 Å². The first-order chi connectivity index (χ1) is 16.9. The van der Waals surface area contributed by atoms with Gasteiger partial charge in [-0.1, -0.05) is 34.1 Å². The van der Waals surface area contributed by atoms with Gasteiger partial charge in [0.1, 0.15) is 6.61 Å². The Morgan fingerprint density at radius 1 is 0.971 bits per heavy atom. The van der Waals surface area contributed by atoms with Crippen molar-refractivity contribution in [3.05, 3.63) is 79.3 Å². The van der Waals surface area contributed by atoms with E-state index in [1.165, 1.54) is 0 Å². The average Bonchev–Trinajstić information content (AvgIpc) is 2.84. The van der Waals surface area contributed by atoms with E-state index in [2.05, 4.69) is 49.0 Å². The molecule has 3 aromatic carbocycles. The van der Waals surface area contributed by atoms with Crippen LogP contribution in [-0.2, 0) is 17.8 Å². The van der Waals surface area contributed by atoms with Crippen LogP contribution in [0.2, 0.25) is 0 Å². The maximum Gasteiger partial charge on any atom is 0.244 e. The Labute approximate surface area is 227 Å². The topological polar surface area (TPSA) is 78.4 Å². The minimum absolute atomic E-state index is 0.155. The minimum Gasteiger partial charge on any atom is -0.493 e. The first-order valence-corrected chi connectivity index (χ1v) is 12.7. The summed E-state index contributed by atoms with van der Waals surface area (Å²) in [6.07, 6.45) is 1.73. The van der Waals surface area contributed by atoms with E-state index in [4.69, 9.17) is 18.9 Å². The zero-order chi connectivity index (χ0) is 25.2. The highest BCUT2D eigenvalue weighted by atomic mass is 127. The van der Waals surface area contributed by atoms with Gasteiger partial charge >= 0.3 is 0 Å². The molecule has 0 radical (unpaired) electrons. The molecule has 0 heterocycles. The number of hydrogen-bond acceptors (Lipinski definition) is 6. The summed E-state index contributed by atoms with van der Waals surface area (Å²) < 4.78 is 24.3. The summed E-state index contributed by atoms with van der Waals surface area (Å²) in [6.45, 7) is 2.83. The lowest BCUT2D eigenvalue weighted by atomic mass is 10.1. The van der Waals surface area contributed by atoms with Crippen LogP contribution in [-0.4, -0.2) is 32.9 Å². The first-order valence-electron chi connectivity index (χ1n) is 10.8. The van der Waals surface area contributed by atoms with E-state index in [1.54, 1.807) is 32.6 Å². The Morgan fingerprint density at radius 3 is 2.37 bits per heavy atom. The van der Waals surface area contributed by atoms with E-state index < -0.39 is 0 Å². The van der Waals surface area contributed by atoms with Crippen LogP contribution in [0.25, 0.3) is 0 Å². The summed E-state index contributed by atoms with van der Waals surface area (Å²) in [7, 11) is 3.12. The van der Waals surface area contributed by atoms with Crippen molar-refractivity contribution in [1.29, 1.82) is 0 Å². The van der Waals surface area contributed by atoms with Gasteiger partial charge in [0.05, 0.1) is 37.0 Å². The number of nitrogens with one attached hydrogen (secondary N) is 1. The monoisotopic (exact) mass is 652 g/mol. The van der Waals surface area contributed by atoms with Crippen molar-refractivity contribution < 1.29 is 23.7 Å². The third-order valence-corrected chi connectivity index (χ3v) is 6.17. The van der Waals surface area contributed by atoms with Gasteiger partial charge in [0.25, 0.3) is 0 Å². The number of hydrazone groups is 1. The molecule has 0 bridgehead atoms. The Hall–Kier alpha value is -2.79. The molecule has 1 N–H and O–H groups in total. The lowest BCUT2D eigenvalue weighted by molar-refractivity contribution is -0.120. The third-order valence-electron chi connectivity index (χ3n) is 4.84. The van der Waals surface area contributed by atoms with E-state index in [-0.39, 0.29) is 12.3 Å². The molecule has 3 aromatic rings. The molecule has 0 aliphatic rings. The highest BCUT2D eigenvalue weighted by Crippen LogP contribution is 2.34. The molecule has 1 amide bonds. The SMILES string of the molecule is CCOc1cc(/C=N/NC(=O)Cc2ccc(OC)c(OC)c2)cc(I)c1OCc1ccc(Br)cc1. The smallest absolute Gasteiger partial charge is 0.244 e. The van der Waals surface area contributed by atoms with Crippen LogP contribution in [0.5, 0.6) is 23.0 Å². The Kier molecular flexibility index (Phi) is 10.2. The van der Waals surface area contributed by atoms with E-state index in [1.807, 2.05) is 49.4 Å². The number of hydrogen-bond donors (Lipinski definition) is 1. The van der Waals surface area contributed by atoms with Crippen LogP contribution < -0.4 is 24.4 Å². The standard InChI is InChI=1S/C26H26BrIN2O5/c1-4-34-24-13-19(11-21(28)26(24)35-16-17-5-8-20(27)9-6-17)15-29-30-25(31)14-18-7-10-22(32-2)23(12-18)33-3/h5-13,15H,4,14,16H2,1-3H3,(H,30,31)/b29-15+. The quantitative estimate of drug-likeness (QED) is 0.162. The highest BCUT2D eigenvalue weighted by Gasteiger charge is 2.13. The van der Waals surface area contributed by atoms with Crippen molar-refractivity contribution in [3.8, 4) is 23.0 Å². The predicted molar refractivity (Wildman–Crippen MR) is 148 cm³/mol. The normalized spacial score (nSPS) is 10.8. The van der Waals surface area contributed by atoms with Gasteiger partial charge in [0.15, 0.2) is 23.0 Å². The summed E-state index contributed by atoms with van der Waals surface area (Å²) in [5, 5.41) is 4.10. The fraction of sp³-hybridized carbons (Fsp3) is 0.231. The van der Waals surface area contributed by atoms with Gasteiger partial charge in [-0.2, -0.15) is 5.10 Å². The van der Waals surface area contributed by atoms with E-state index >= 15 is 0 Å². The fourth-order valence-corrected chi connectivity index (χ4v) is 4.24. The molecule has 0 atom stereocenters. The zero-order valence-corrected chi connectivity index (χ0v) is 23.4. The van der Waals surface area contributed by atoms with Crippen molar-refractivity contribution >= 4 is 50.6 Å². The third kappa shape index (κ3) is 7.86. The van der Waals surface area contributed by atoms with E-state index in [9.17, 15) is 4.79 Å². The van der Waals surface area contributed by atoms with E-state index in [0.29, 0.717) is 36.2 Å². The molecular formula is C26H26BrIN2O5. The second kappa shape index (κ2) is 13.3. The summed E-state index contributed by atoms with van der Waals surface area (Å²) >= 11 is 5.65. The second-order valence-electron chi connectivity index (χ2n) is 7.34.